The fourth-order valence-electron chi connectivity index (χ4n) is 1.67. The van der Waals surface area contributed by atoms with Gasteiger partial charge in [-0.2, -0.15) is 5.26 Å². The van der Waals surface area contributed by atoms with E-state index in [2.05, 4.69) is 24.8 Å². The van der Waals surface area contributed by atoms with Crippen LogP contribution in [0.25, 0.3) is 0 Å². The smallest absolute Gasteiger partial charge is 0.150 e. The normalized spacial score (nSPS) is 12.0. The number of sulfone groups is 1. The standard InChI is InChI=1S/C12H24N2O2S/c1-4-17(15,16)10-6-9-14(8-5-7-13)11-12(2)3/h12H,4-6,8-11H2,1-3H3. The Kier molecular flexibility index (Phi) is 8.19. The zero-order valence-corrected chi connectivity index (χ0v) is 12.0. The van der Waals surface area contributed by atoms with E-state index in [9.17, 15) is 8.42 Å². The van der Waals surface area contributed by atoms with Crippen LogP contribution in [0.4, 0.5) is 0 Å². The maximum Gasteiger partial charge on any atom is 0.150 e. The average Bonchev–Trinajstić information content (AvgIpc) is 2.24. The molecule has 0 saturated heterocycles. The lowest BCUT2D eigenvalue weighted by molar-refractivity contribution is 0.250. The number of nitriles is 1. The fourth-order valence-corrected chi connectivity index (χ4v) is 2.53. The third kappa shape index (κ3) is 9.13. The van der Waals surface area contributed by atoms with Gasteiger partial charge < -0.3 is 4.90 Å². The Balaban J connectivity index is 4.03. The summed E-state index contributed by atoms with van der Waals surface area (Å²) in [5.74, 6) is 1.01. The Hall–Kier alpha value is -0.600. The van der Waals surface area contributed by atoms with E-state index in [-0.39, 0.29) is 11.5 Å². The van der Waals surface area contributed by atoms with Gasteiger partial charge in [-0.1, -0.05) is 20.8 Å². The summed E-state index contributed by atoms with van der Waals surface area (Å²) in [6, 6.07) is 2.13. The van der Waals surface area contributed by atoms with Gasteiger partial charge in [-0.05, 0) is 18.9 Å². The van der Waals surface area contributed by atoms with E-state index in [0.29, 0.717) is 18.8 Å². The minimum Gasteiger partial charge on any atom is -0.302 e. The summed E-state index contributed by atoms with van der Waals surface area (Å²) < 4.78 is 22.7. The van der Waals surface area contributed by atoms with E-state index >= 15 is 0 Å². The van der Waals surface area contributed by atoms with Gasteiger partial charge >= 0.3 is 0 Å². The molecule has 0 aliphatic heterocycles. The fraction of sp³-hybridized carbons (Fsp3) is 0.917. The highest BCUT2D eigenvalue weighted by molar-refractivity contribution is 7.91. The van der Waals surface area contributed by atoms with Gasteiger partial charge in [-0.15, -0.1) is 0 Å². The lowest BCUT2D eigenvalue weighted by Gasteiger charge is -2.22. The quantitative estimate of drug-likeness (QED) is 0.633. The summed E-state index contributed by atoms with van der Waals surface area (Å²) >= 11 is 0. The van der Waals surface area contributed by atoms with Crippen molar-refractivity contribution in [3.05, 3.63) is 0 Å². The Labute approximate surface area is 106 Å². The molecule has 0 aliphatic rings. The third-order valence-electron chi connectivity index (χ3n) is 2.53. The van der Waals surface area contributed by atoms with Gasteiger partial charge in [0.1, 0.15) is 9.84 Å². The van der Waals surface area contributed by atoms with Gasteiger partial charge in [-0.3, -0.25) is 0 Å². The summed E-state index contributed by atoms with van der Waals surface area (Å²) in [5, 5.41) is 8.57. The van der Waals surface area contributed by atoms with Gasteiger partial charge in [0.15, 0.2) is 0 Å². The van der Waals surface area contributed by atoms with Gasteiger partial charge in [0.25, 0.3) is 0 Å². The molecule has 0 aromatic rings. The van der Waals surface area contributed by atoms with Crippen LogP contribution in [0.15, 0.2) is 0 Å². The lowest BCUT2D eigenvalue weighted by Crippen LogP contribution is -2.31. The second-order valence-corrected chi connectivity index (χ2v) is 7.17. The van der Waals surface area contributed by atoms with E-state index in [1.54, 1.807) is 6.92 Å². The lowest BCUT2D eigenvalue weighted by atomic mass is 10.2. The van der Waals surface area contributed by atoms with Gasteiger partial charge in [0, 0.05) is 25.3 Å². The van der Waals surface area contributed by atoms with Crippen LogP contribution in [0.3, 0.4) is 0 Å². The molecule has 0 fully saturated rings. The van der Waals surface area contributed by atoms with Crippen LogP contribution in [0.1, 0.15) is 33.6 Å². The van der Waals surface area contributed by atoms with Crippen LogP contribution >= 0.6 is 0 Å². The van der Waals surface area contributed by atoms with Crippen molar-refractivity contribution in [2.75, 3.05) is 31.1 Å². The maximum atomic E-state index is 11.3. The molecule has 0 aromatic heterocycles. The van der Waals surface area contributed by atoms with Gasteiger partial charge in [-0.25, -0.2) is 8.42 Å². The second kappa shape index (κ2) is 8.48. The highest BCUT2D eigenvalue weighted by Crippen LogP contribution is 2.03. The second-order valence-electron chi connectivity index (χ2n) is 4.69. The molecule has 0 atom stereocenters. The van der Waals surface area contributed by atoms with Gasteiger partial charge in [0.2, 0.25) is 0 Å². The molecule has 0 amide bonds. The minimum atomic E-state index is -2.86. The Morgan fingerprint density at radius 3 is 2.41 bits per heavy atom. The molecule has 0 heterocycles. The monoisotopic (exact) mass is 260 g/mol. The highest BCUT2D eigenvalue weighted by atomic mass is 32.2. The summed E-state index contributed by atoms with van der Waals surface area (Å²) in [6.45, 7) is 8.36. The molecule has 0 unspecified atom stereocenters. The molecule has 0 spiro atoms. The van der Waals surface area contributed by atoms with Gasteiger partial charge in [0.05, 0.1) is 11.8 Å². The average molecular weight is 260 g/mol. The first kappa shape index (κ1) is 16.4. The first-order valence-electron chi connectivity index (χ1n) is 6.21. The predicted molar refractivity (Wildman–Crippen MR) is 70.5 cm³/mol. The molecular weight excluding hydrogens is 236 g/mol. The third-order valence-corrected chi connectivity index (χ3v) is 4.32. The molecular formula is C12H24N2O2S. The molecule has 4 nitrogen and oxygen atoms in total. The zero-order chi connectivity index (χ0) is 13.3. The summed E-state index contributed by atoms with van der Waals surface area (Å²) in [4.78, 5) is 2.18. The Bertz CT molecular complexity index is 331. The van der Waals surface area contributed by atoms with Crippen molar-refractivity contribution in [3.63, 3.8) is 0 Å². The molecule has 5 heteroatoms. The van der Waals surface area contributed by atoms with Crippen molar-refractivity contribution in [2.45, 2.75) is 33.6 Å². The molecule has 0 aromatic carbocycles. The first-order valence-corrected chi connectivity index (χ1v) is 8.03. The van der Waals surface area contributed by atoms with Crippen molar-refractivity contribution in [1.29, 1.82) is 5.26 Å². The molecule has 0 N–H and O–H groups in total. The number of hydrogen-bond donors (Lipinski definition) is 0. The van der Waals surface area contributed by atoms with E-state index in [1.807, 2.05) is 0 Å². The molecule has 0 rings (SSSR count). The number of nitrogens with zero attached hydrogens (tertiary/aromatic N) is 2. The van der Waals surface area contributed by atoms with Crippen LogP contribution < -0.4 is 0 Å². The summed E-state index contributed by atoms with van der Waals surface area (Å²) in [6.07, 6.45) is 1.17. The Morgan fingerprint density at radius 1 is 1.29 bits per heavy atom. The zero-order valence-electron chi connectivity index (χ0n) is 11.1. The van der Waals surface area contributed by atoms with Crippen molar-refractivity contribution < 1.29 is 8.42 Å². The number of hydrogen-bond acceptors (Lipinski definition) is 4. The summed E-state index contributed by atoms with van der Waals surface area (Å²) in [5.41, 5.74) is 0. The maximum absolute atomic E-state index is 11.3. The summed E-state index contributed by atoms with van der Waals surface area (Å²) in [7, 11) is -2.86. The Morgan fingerprint density at radius 2 is 1.94 bits per heavy atom. The molecule has 0 radical (unpaired) electrons. The van der Waals surface area contributed by atoms with Crippen molar-refractivity contribution in [1.82, 2.24) is 4.90 Å². The predicted octanol–water partition coefficient (Wildman–Crippen LogP) is 1.68. The minimum absolute atomic E-state index is 0.218. The number of rotatable bonds is 9. The molecule has 0 bridgehead atoms. The van der Waals surface area contributed by atoms with E-state index < -0.39 is 9.84 Å². The molecule has 0 saturated carbocycles. The van der Waals surface area contributed by atoms with Crippen LogP contribution in [-0.2, 0) is 9.84 Å². The van der Waals surface area contributed by atoms with Crippen LogP contribution in [0, 0.1) is 17.2 Å². The van der Waals surface area contributed by atoms with Crippen molar-refractivity contribution in [2.24, 2.45) is 5.92 Å². The van der Waals surface area contributed by atoms with Crippen LogP contribution in [-0.4, -0.2) is 44.5 Å². The largest absolute Gasteiger partial charge is 0.302 e. The van der Waals surface area contributed by atoms with Crippen LogP contribution in [0.5, 0.6) is 0 Å². The van der Waals surface area contributed by atoms with E-state index in [4.69, 9.17) is 5.26 Å². The van der Waals surface area contributed by atoms with Crippen LogP contribution in [0.2, 0.25) is 0 Å². The van der Waals surface area contributed by atoms with E-state index in [0.717, 1.165) is 19.6 Å². The molecule has 100 valence electrons. The topological polar surface area (TPSA) is 61.2 Å². The van der Waals surface area contributed by atoms with E-state index in [1.165, 1.54) is 0 Å². The molecule has 0 aliphatic carbocycles. The highest BCUT2D eigenvalue weighted by Gasteiger charge is 2.10. The van der Waals surface area contributed by atoms with Crippen molar-refractivity contribution >= 4 is 9.84 Å². The SMILES string of the molecule is CCS(=O)(=O)CCCN(CCC#N)CC(C)C. The first-order chi connectivity index (χ1) is 7.91. The molecule has 17 heavy (non-hydrogen) atoms. The van der Waals surface area contributed by atoms with Crippen molar-refractivity contribution in [3.8, 4) is 6.07 Å².